The highest BCUT2D eigenvalue weighted by molar-refractivity contribution is 5.82. The number of nitrogens with one attached hydrogen (secondary N) is 1. The van der Waals surface area contributed by atoms with Crippen molar-refractivity contribution >= 4 is 11.7 Å². The largest absolute Gasteiger partial charge is 0.390 e. The van der Waals surface area contributed by atoms with E-state index >= 15 is 0 Å². The molecule has 1 saturated carbocycles. The van der Waals surface area contributed by atoms with E-state index in [0.717, 1.165) is 6.42 Å². The first-order chi connectivity index (χ1) is 11.1. The van der Waals surface area contributed by atoms with Crippen LogP contribution in [0.3, 0.4) is 0 Å². The Morgan fingerprint density at radius 3 is 2.83 bits per heavy atom. The smallest absolute Gasteiger partial charge is 0.358 e. The lowest BCUT2D eigenvalue weighted by Gasteiger charge is -2.04. The van der Waals surface area contributed by atoms with Crippen molar-refractivity contribution in [2.24, 2.45) is 5.92 Å². The van der Waals surface area contributed by atoms with E-state index in [0.29, 0.717) is 24.7 Å². The number of aromatic nitrogens is 2. The van der Waals surface area contributed by atoms with Crippen LogP contribution >= 0.6 is 0 Å². The maximum absolute atomic E-state index is 12.1. The first kappa shape index (κ1) is 15.2. The van der Waals surface area contributed by atoms with E-state index in [2.05, 4.69) is 10.4 Å². The van der Waals surface area contributed by atoms with Gasteiger partial charge in [-0.15, -0.1) is 0 Å². The summed E-state index contributed by atoms with van der Waals surface area (Å²) in [5, 5.41) is 17.5. The average molecular weight is 314 g/mol. The van der Waals surface area contributed by atoms with Crippen molar-refractivity contribution in [2.75, 3.05) is 6.54 Å². The molecule has 2 aromatic rings. The third kappa shape index (κ3) is 3.39. The van der Waals surface area contributed by atoms with E-state index in [1.807, 2.05) is 30.3 Å². The normalized spacial score (nSPS) is 19.3. The monoisotopic (exact) mass is 314 g/mol. The van der Waals surface area contributed by atoms with Gasteiger partial charge in [0.15, 0.2) is 0 Å². The van der Waals surface area contributed by atoms with Crippen LogP contribution in [0.4, 0.5) is 5.82 Å². The molecule has 3 rings (SSSR count). The Labute approximate surface area is 133 Å². The summed E-state index contributed by atoms with van der Waals surface area (Å²) in [5.41, 5.74) is 1.91. The van der Waals surface area contributed by atoms with Crippen molar-refractivity contribution in [3.05, 3.63) is 57.8 Å². The summed E-state index contributed by atoms with van der Waals surface area (Å²) in [6, 6.07) is 11.4. The van der Waals surface area contributed by atoms with Gasteiger partial charge < -0.3 is 15.4 Å². The lowest BCUT2D eigenvalue weighted by Crippen LogP contribution is -2.29. The lowest BCUT2D eigenvalue weighted by molar-refractivity contribution is -0.389. The number of nitrogens with zero attached hydrogens (tertiary/aromatic N) is 3. The highest BCUT2D eigenvalue weighted by atomic mass is 16.6. The molecule has 2 unspecified atom stereocenters. The summed E-state index contributed by atoms with van der Waals surface area (Å²) in [6.45, 7) is 2.60. The number of carbonyl (C=O) groups excluding carboxylic acids is 1. The van der Waals surface area contributed by atoms with Gasteiger partial charge in [-0.3, -0.25) is 4.79 Å². The molecule has 7 nitrogen and oxygen atoms in total. The van der Waals surface area contributed by atoms with Crippen LogP contribution in [0.25, 0.3) is 0 Å². The Balaban J connectivity index is 1.48. The molecule has 1 aliphatic rings. The van der Waals surface area contributed by atoms with Gasteiger partial charge in [-0.2, -0.15) is 4.68 Å². The zero-order chi connectivity index (χ0) is 16.4. The molecule has 1 aromatic carbocycles. The first-order valence-corrected chi connectivity index (χ1v) is 7.58. The summed E-state index contributed by atoms with van der Waals surface area (Å²) in [4.78, 5) is 22.3. The number of amides is 1. The van der Waals surface area contributed by atoms with Crippen LogP contribution in [0.5, 0.6) is 0 Å². The van der Waals surface area contributed by atoms with Crippen LogP contribution in [0.2, 0.25) is 0 Å². The van der Waals surface area contributed by atoms with Gasteiger partial charge in [0.05, 0.1) is 23.4 Å². The number of hydrogen-bond donors (Lipinski definition) is 1. The zero-order valence-corrected chi connectivity index (χ0v) is 12.8. The molecule has 120 valence electrons. The number of benzene rings is 1. The SMILES string of the molecule is Cc1cc([N+](=O)[O-])nn1CCNC(=O)C1CC1c1ccccc1. The number of nitro groups is 1. The molecule has 1 aromatic heterocycles. The van der Waals surface area contributed by atoms with E-state index in [9.17, 15) is 14.9 Å². The predicted octanol–water partition coefficient (Wildman–Crippen LogP) is 2.02. The van der Waals surface area contributed by atoms with Crippen LogP contribution in [0, 0.1) is 23.0 Å². The van der Waals surface area contributed by atoms with Crippen molar-refractivity contribution in [2.45, 2.75) is 25.8 Å². The fraction of sp³-hybridized carbons (Fsp3) is 0.375. The van der Waals surface area contributed by atoms with E-state index < -0.39 is 4.92 Å². The Morgan fingerprint density at radius 1 is 1.43 bits per heavy atom. The van der Waals surface area contributed by atoms with Crippen LogP contribution < -0.4 is 5.32 Å². The summed E-state index contributed by atoms with van der Waals surface area (Å²) < 4.78 is 1.54. The standard InChI is InChI=1S/C16H18N4O3/c1-11-9-15(20(22)23)18-19(11)8-7-17-16(21)14-10-13(14)12-5-3-2-4-6-12/h2-6,9,13-14H,7-8,10H2,1H3,(H,17,21). The average Bonchev–Trinajstić information content (AvgIpc) is 3.26. The molecule has 1 N–H and O–H groups in total. The highest BCUT2D eigenvalue weighted by Gasteiger charge is 2.43. The quantitative estimate of drug-likeness (QED) is 0.652. The van der Waals surface area contributed by atoms with Crippen LogP contribution in [-0.2, 0) is 11.3 Å². The molecule has 1 fully saturated rings. The molecule has 0 saturated heterocycles. The van der Waals surface area contributed by atoms with Gasteiger partial charge >= 0.3 is 5.82 Å². The summed E-state index contributed by atoms with van der Waals surface area (Å²) in [7, 11) is 0. The van der Waals surface area contributed by atoms with E-state index in [4.69, 9.17) is 0 Å². The highest BCUT2D eigenvalue weighted by Crippen LogP contribution is 2.47. The van der Waals surface area contributed by atoms with Gasteiger partial charge in [-0.25, -0.2) is 0 Å². The minimum Gasteiger partial charge on any atom is -0.358 e. The molecule has 1 aliphatic carbocycles. The molecule has 7 heteroatoms. The molecular weight excluding hydrogens is 296 g/mol. The fourth-order valence-electron chi connectivity index (χ4n) is 2.78. The second-order valence-corrected chi connectivity index (χ2v) is 5.77. The van der Waals surface area contributed by atoms with E-state index in [1.165, 1.54) is 11.6 Å². The molecular formula is C16H18N4O3. The molecule has 0 bridgehead atoms. The molecule has 0 aliphatic heterocycles. The number of hydrogen-bond acceptors (Lipinski definition) is 4. The third-order valence-electron chi connectivity index (χ3n) is 4.13. The lowest BCUT2D eigenvalue weighted by atomic mass is 10.1. The second-order valence-electron chi connectivity index (χ2n) is 5.77. The fourth-order valence-corrected chi connectivity index (χ4v) is 2.78. The molecule has 0 spiro atoms. The molecule has 1 heterocycles. The number of aryl methyl sites for hydroxylation is 1. The predicted molar refractivity (Wildman–Crippen MR) is 83.9 cm³/mol. The Kier molecular flexibility index (Phi) is 4.10. The molecule has 23 heavy (non-hydrogen) atoms. The van der Waals surface area contributed by atoms with E-state index in [-0.39, 0.29) is 17.6 Å². The van der Waals surface area contributed by atoms with Gasteiger partial charge in [-0.05, 0) is 29.7 Å². The summed E-state index contributed by atoms with van der Waals surface area (Å²) in [5.74, 6) is 0.215. The van der Waals surface area contributed by atoms with Gasteiger partial charge in [-0.1, -0.05) is 30.3 Å². The molecule has 2 atom stereocenters. The van der Waals surface area contributed by atoms with E-state index in [1.54, 1.807) is 11.6 Å². The van der Waals surface area contributed by atoms with Crippen molar-refractivity contribution in [1.82, 2.24) is 15.1 Å². The van der Waals surface area contributed by atoms with Crippen molar-refractivity contribution in [3.63, 3.8) is 0 Å². The topological polar surface area (TPSA) is 90.1 Å². The van der Waals surface area contributed by atoms with Crippen molar-refractivity contribution in [3.8, 4) is 0 Å². The third-order valence-corrected chi connectivity index (χ3v) is 4.13. The van der Waals surface area contributed by atoms with Crippen LogP contribution in [0.1, 0.15) is 23.6 Å². The van der Waals surface area contributed by atoms with Gasteiger partial charge in [0.1, 0.15) is 0 Å². The maximum Gasteiger partial charge on any atom is 0.390 e. The number of carbonyl (C=O) groups is 1. The van der Waals surface area contributed by atoms with Gasteiger partial charge in [0.2, 0.25) is 5.91 Å². The van der Waals surface area contributed by atoms with Gasteiger partial charge in [0, 0.05) is 12.5 Å². The van der Waals surface area contributed by atoms with Crippen molar-refractivity contribution < 1.29 is 9.72 Å². The molecule has 1 amide bonds. The zero-order valence-electron chi connectivity index (χ0n) is 12.8. The van der Waals surface area contributed by atoms with Crippen LogP contribution in [0.15, 0.2) is 36.4 Å². The number of rotatable bonds is 6. The Morgan fingerprint density at radius 2 is 2.17 bits per heavy atom. The first-order valence-electron chi connectivity index (χ1n) is 7.58. The Bertz CT molecular complexity index is 726. The second kappa shape index (κ2) is 6.20. The minimum atomic E-state index is -0.517. The molecule has 0 radical (unpaired) electrons. The minimum absolute atomic E-state index is 0.0328. The summed E-state index contributed by atoms with van der Waals surface area (Å²) in [6.07, 6.45) is 0.877. The van der Waals surface area contributed by atoms with Crippen molar-refractivity contribution in [1.29, 1.82) is 0 Å². The summed E-state index contributed by atoms with van der Waals surface area (Å²) >= 11 is 0. The van der Waals surface area contributed by atoms with Crippen LogP contribution in [-0.4, -0.2) is 27.2 Å². The van der Waals surface area contributed by atoms with Gasteiger partial charge in [0.25, 0.3) is 0 Å². The Hall–Kier alpha value is -2.70. The maximum atomic E-state index is 12.1.